The van der Waals surface area contributed by atoms with Gasteiger partial charge in [-0.05, 0) is 48.2 Å². The highest BCUT2D eigenvalue weighted by atomic mass is 35.5. The van der Waals surface area contributed by atoms with Crippen molar-refractivity contribution < 1.29 is 18.3 Å². The van der Waals surface area contributed by atoms with Gasteiger partial charge in [-0.3, -0.25) is 0 Å². The number of hydrogen-bond donors (Lipinski definition) is 1. The molecule has 0 saturated heterocycles. The molecule has 1 unspecified atom stereocenters. The Kier molecular flexibility index (Phi) is 4.68. The molecular weight excluding hydrogens is 289 g/mol. The van der Waals surface area contributed by atoms with Crippen molar-refractivity contribution in [2.75, 3.05) is 0 Å². The topological polar surface area (TPSA) is 20.2 Å². The Morgan fingerprint density at radius 2 is 1.50 bits per heavy atom. The molecule has 0 aliphatic rings. The molecule has 0 heterocycles. The van der Waals surface area contributed by atoms with Crippen LogP contribution >= 0.6 is 11.6 Å². The lowest BCUT2D eigenvalue weighted by Crippen LogP contribution is -2.14. The van der Waals surface area contributed by atoms with E-state index in [1.165, 1.54) is 12.1 Å². The maximum atomic E-state index is 13.2. The fourth-order valence-corrected chi connectivity index (χ4v) is 2.13. The van der Waals surface area contributed by atoms with Crippen molar-refractivity contribution in [2.45, 2.75) is 18.9 Å². The lowest BCUT2D eigenvalue weighted by atomic mass is 10.0. The van der Waals surface area contributed by atoms with Gasteiger partial charge in [-0.25, -0.2) is 13.2 Å². The molecule has 1 N–H and O–H groups in total. The second-order valence-electron chi connectivity index (χ2n) is 4.59. The van der Waals surface area contributed by atoms with Crippen LogP contribution in [0.4, 0.5) is 13.2 Å². The summed E-state index contributed by atoms with van der Waals surface area (Å²) in [7, 11) is 0. The minimum atomic E-state index is -0.864. The molecule has 0 spiro atoms. The van der Waals surface area contributed by atoms with Crippen LogP contribution in [0.1, 0.15) is 11.1 Å². The Labute approximate surface area is 119 Å². The van der Waals surface area contributed by atoms with E-state index in [0.29, 0.717) is 11.1 Å². The minimum absolute atomic E-state index is 0.00967. The normalized spacial score (nSPS) is 12.4. The van der Waals surface area contributed by atoms with Gasteiger partial charge in [0.05, 0.1) is 11.1 Å². The molecule has 5 heteroatoms. The van der Waals surface area contributed by atoms with Gasteiger partial charge in [0.25, 0.3) is 0 Å². The first-order valence-electron chi connectivity index (χ1n) is 6.01. The Balaban J connectivity index is 2.04. The van der Waals surface area contributed by atoms with Gasteiger partial charge in [-0.15, -0.1) is 0 Å². The van der Waals surface area contributed by atoms with Crippen molar-refractivity contribution in [3.8, 4) is 0 Å². The average molecular weight is 301 g/mol. The molecule has 20 heavy (non-hydrogen) atoms. The van der Waals surface area contributed by atoms with E-state index in [9.17, 15) is 18.3 Å². The van der Waals surface area contributed by atoms with Gasteiger partial charge in [0.15, 0.2) is 0 Å². The first-order chi connectivity index (χ1) is 9.44. The zero-order valence-corrected chi connectivity index (χ0v) is 11.2. The van der Waals surface area contributed by atoms with Crippen molar-refractivity contribution >= 4 is 11.6 Å². The maximum Gasteiger partial charge on any atom is 0.142 e. The molecule has 1 atom stereocenters. The van der Waals surface area contributed by atoms with Crippen molar-refractivity contribution in [3.63, 3.8) is 0 Å². The zero-order chi connectivity index (χ0) is 14.7. The van der Waals surface area contributed by atoms with Gasteiger partial charge in [-0.2, -0.15) is 0 Å². The van der Waals surface area contributed by atoms with Crippen LogP contribution in [0.15, 0.2) is 36.4 Å². The number of rotatable bonds is 4. The first kappa shape index (κ1) is 14.9. The molecule has 0 saturated carbocycles. The minimum Gasteiger partial charge on any atom is -0.392 e. The quantitative estimate of drug-likeness (QED) is 0.908. The average Bonchev–Trinajstić information content (AvgIpc) is 2.32. The van der Waals surface area contributed by atoms with Crippen LogP contribution in [-0.4, -0.2) is 11.2 Å². The summed E-state index contributed by atoms with van der Waals surface area (Å²) in [4.78, 5) is 0. The number of hydrogen-bond acceptors (Lipinski definition) is 1. The van der Waals surface area contributed by atoms with Crippen molar-refractivity contribution in [2.24, 2.45) is 0 Å². The summed E-state index contributed by atoms with van der Waals surface area (Å²) in [6, 6.07) is 7.33. The molecule has 0 aliphatic heterocycles. The molecule has 2 rings (SSSR count). The van der Waals surface area contributed by atoms with Gasteiger partial charge >= 0.3 is 0 Å². The van der Waals surface area contributed by atoms with Crippen molar-refractivity contribution in [3.05, 3.63) is 70.0 Å². The van der Waals surface area contributed by atoms with Crippen LogP contribution < -0.4 is 0 Å². The van der Waals surface area contributed by atoms with Gasteiger partial charge in [0, 0.05) is 6.07 Å². The van der Waals surface area contributed by atoms with E-state index in [1.807, 2.05) is 0 Å². The highest BCUT2D eigenvalue weighted by Crippen LogP contribution is 2.18. The molecule has 0 amide bonds. The third kappa shape index (κ3) is 3.99. The first-order valence-corrected chi connectivity index (χ1v) is 6.39. The fraction of sp³-hybridized carbons (Fsp3) is 0.200. The van der Waals surface area contributed by atoms with E-state index < -0.39 is 23.6 Å². The number of aliphatic hydroxyl groups excluding tert-OH is 1. The number of benzene rings is 2. The number of halogens is 4. The monoisotopic (exact) mass is 300 g/mol. The van der Waals surface area contributed by atoms with Crippen molar-refractivity contribution in [1.29, 1.82) is 0 Å². The molecule has 2 aromatic carbocycles. The number of aliphatic hydroxyl groups is 1. The molecule has 0 aromatic heterocycles. The van der Waals surface area contributed by atoms with E-state index in [4.69, 9.17) is 11.6 Å². The lowest BCUT2D eigenvalue weighted by Gasteiger charge is -2.11. The Morgan fingerprint density at radius 1 is 0.900 bits per heavy atom. The second-order valence-corrected chi connectivity index (χ2v) is 5.00. The maximum absolute atomic E-state index is 13.2. The van der Waals surface area contributed by atoms with E-state index >= 15 is 0 Å². The Hall–Kier alpha value is -1.52. The molecule has 1 nitrogen and oxygen atoms in total. The SMILES string of the molecule is OC(Cc1cc(F)cc(F)c1)Cc1ccc(Cl)c(F)c1. The van der Waals surface area contributed by atoms with E-state index in [2.05, 4.69) is 0 Å². The van der Waals surface area contributed by atoms with E-state index in [1.54, 1.807) is 6.07 Å². The zero-order valence-electron chi connectivity index (χ0n) is 10.4. The van der Waals surface area contributed by atoms with Gasteiger partial charge in [0.2, 0.25) is 0 Å². The highest BCUT2D eigenvalue weighted by molar-refractivity contribution is 6.30. The summed E-state index contributed by atoms with van der Waals surface area (Å²) >= 11 is 5.56. The second kappa shape index (κ2) is 6.29. The molecule has 2 aromatic rings. The predicted molar refractivity (Wildman–Crippen MR) is 71.2 cm³/mol. The van der Waals surface area contributed by atoms with Crippen LogP contribution in [-0.2, 0) is 12.8 Å². The van der Waals surface area contributed by atoms with Crippen LogP contribution in [0.2, 0.25) is 5.02 Å². The predicted octanol–water partition coefficient (Wildman–Crippen LogP) is 3.90. The third-order valence-corrected chi connectivity index (χ3v) is 3.16. The standard InChI is InChI=1S/C15H12ClF3O/c16-14-2-1-9(7-15(14)19)5-13(20)6-10-3-11(17)8-12(18)4-10/h1-4,7-8,13,20H,5-6H2. The lowest BCUT2D eigenvalue weighted by molar-refractivity contribution is 0.175. The summed E-state index contributed by atoms with van der Waals surface area (Å²) in [6.45, 7) is 0. The van der Waals surface area contributed by atoms with Crippen LogP contribution in [0.25, 0.3) is 0 Å². The molecule has 0 bridgehead atoms. The molecular formula is C15H12ClF3O. The van der Waals surface area contributed by atoms with E-state index in [-0.39, 0.29) is 17.9 Å². The van der Waals surface area contributed by atoms with Crippen molar-refractivity contribution in [1.82, 2.24) is 0 Å². The summed E-state index contributed by atoms with van der Waals surface area (Å²) in [5.41, 5.74) is 0.917. The van der Waals surface area contributed by atoms with E-state index in [0.717, 1.165) is 18.2 Å². The molecule has 0 fully saturated rings. The van der Waals surface area contributed by atoms with Gasteiger partial charge in [0.1, 0.15) is 17.5 Å². The van der Waals surface area contributed by atoms with Gasteiger partial charge < -0.3 is 5.11 Å². The summed E-state index contributed by atoms with van der Waals surface area (Å²) in [5.74, 6) is -1.94. The molecule has 106 valence electrons. The van der Waals surface area contributed by atoms with Gasteiger partial charge in [-0.1, -0.05) is 17.7 Å². The fourth-order valence-electron chi connectivity index (χ4n) is 2.01. The summed E-state index contributed by atoms with van der Waals surface area (Å²) in [6.07, 6.45) is -0.609. The Morgan fingerprint density at radius 3 is 2.10 bits per heavy atom. The van der Waals surface area contributed by atoms with Crippen LogP contribution in [0.3, 0.4) is 0 Å². The summed E-state index contributed by atoms with van der Waals surface area (Å²) in [5, 5.41) is 9.91. The van der Waals surface area contributed by atoms with Crippen LogP contribution in [0, 0.1) is 17.5 Å². The van der Waals surface area contributed by atoms with Crippen LogP contribution in [0.5, 0.6) is 0 Å². The largest absolute Gasteiger partial charge is 0.392 e. The third-order valence-electron chi connectivity index (χ3n) is 2.85. The highest BCUT2D eigenvalue weighted by Gasteiger charge is 2.10. The molecule has 0 radical (unpaired) electrons. The smallest absolute Gasteiger partial charge is 0.142 e. The molecule has 0 aliphatic carbocycles. The Bertz CT molecular complexity index is 596. The summed E-state index contributed by atoms with van der Waals surface area (Å²) < 4.78 is 39.3.